The number of benzene rings is 2. The molecule has 1 saturated heterocycles. The average Bonchev–Trinajstić information content (AvgIpc) is 3.23. The van der Waals surface area contributed by atoms with Gasteiger partial charge >= 0.3 is 0 Å². The molecule has 3 aromatic rings. The Morgan fingerprint density at radius 3 is 2.48 bits per heavy atom. The van der Waals surface area contributed by atoms with Crippen molar-refractivity contribution in [1.82, 2.24) is 9.80 Å². The lowest BCUT2D eigenvalue weighted by molar-refractivity contribution is -0.127. The smallest absolute Gasteiger partial charge is 0.251 e. The highest BCUT2D eigenvalue weighted by Gasteiger charge is 2.49. The molecule has 1 amide bonds. The summed E-state index contributed by atoms with van der Waals surface area (Å²) in [5, 5.41) is 1.79. The number of nitrogens with zero attached hydrogens (tertiary/aromatic N) is 2. The molecule has 5 rings (SSSR count). The van der Waals surface area contributed by atoms with Gasteiger partial charge in [0.1, 0.15) is 17.5 Å². The van der Waals surface area contributed by atoms with Crippen LogP contribution in [0.5, 0.6) is 11.5 Å². The predicted octanol–water partition coefficient (Wildman–Crippen LogP) is 3.99. The third kappa shape index (κ3) is 2.64. The lowest BCUT2D eigenvalue weighted by Gasteiger charge is -2.37. The van der Waals surface area contributed by atoms with E-state index in [1.807, 2.05) is 18.2 Å². The Kier molecular flexibility index (Phi) is 4.26. The van der Waals surface area contributed by atoms with Gasteiger partial charge in [-0.3, -0.25) is 9.69 Å². The summed E-state index contributed by atoms with van der Waals surface area (Å²) < 4.78 is 12.2. The number of carbonyl (C=O) groups excluding carboxylic acids is 1. The highest BCUT2D eigenvalue weighted by atomic mass is 32.1. The van der Waals surface area contributed by atoms with Gasteiger partial charge in [0.25, 0.3) is 5.91 Å². The topological polar surface area (TPSA) is 42.0 Å². The molecular formula is C22H20N2O3S2. The SMILES string of the molecule is COc1cc(OC)cc(C2c3sc4ccccc4c3CC3C(=O)N(C)C(=S)N32)c1. The molecule has 3 heterocycles. The van der Waals surface area contributed by atoms with Gasteiger partial charge in [-0.1, -0.05) is 18.2 Å². The zero-order chi connectivity index (χ0) is 20.3. The van der Waals surface area contributed by atoms with Crippen LogP contribution in [0.2, 0.25) is 0 Å². The van der Waals surface area contributed by atoms with Crippen LogP contribution in [-0.2, 0) is 11.2 Å². The molecule has 1 fully saturated rings. The molecule has 0 spiro atoms. The van der Waals surface area contributed by atoms with E-state index in [4.69, 9.17) is 21.7 Å². The first kappa shape index (κ1) is 18.4. The van der Waals surface area contributed by atoms with Crippen molar-refractivity contribution < 1.29 is 14.3 Å². The van der Waals surface area contributed by atoms with Gasteiger partial charge in [-0.25, -0.2) is 0 Å². The number of likely N-dealkylation sites (N-methyl/N-ethyl adjacent to an activating group) is 1. The van der Waals surface area contributed by atoms with Crippen molar-refractivity contribution >= 4 is 44.7 Å². The lowest BCUT2D eigenvalue weighted by Crippen LogP contribution is -2.43. The summed E-state index contributed by atoms with van der Waals surface area (Å²) >= 11 is 7.47. The third-order valence-electron chi connectivity index (χ3n) is 5.80. The Balaban J connectivity index is 1.78. The van der Waals surface area contributed by atoms with Crippen LogP contribution in [0, 0.1) is 0 Å². The lowest BCUT2D eigenvalue weighted by atomic mass is 9.89. The Labute approximate surface area is 178 Å². The second-order valence-corrected chi connectivity index (χ2v) is 8.75. The number of thiocarbonyl (C=S) groups is 1. The van der Waals surface area contributed by atoms with Gasteiger partial charge < -0.3 is 14.4 Å². The van der Waals surface area contributed by atoms with Crippen molar-refractivity contribution in [2.75, 3.05) is 21.3 Å². The molecule has 2 unspecified atom stereocenters. The van der Waals surface area contributed by atoms with Gasteiger partial charge in [-0.2, -0.15) is 0 Å². The monoisotopic (exact) mass is 424 g/mol. The van der Waals surface area contributed by atoms with Gasteiger partial charge in [0, 0.05) is 29.1 Å². The number of fused-ring (bicyclic) bond motifs is 4. The molecule has 29 heavy (non-hydrogen) atoms. The summed E-state index contributed by atoms with van der Waals surface area (Å²) in [5.74, 6) is 1.48. The second kappa shape index (κ2) is 6.71. The van der Waals surface area contributed by atoms with Crippen molar-refractivity contribution in [1.29, 1.82) is 0 Å². The fraction of sp³-hybridized carbons (Fsp3) is 0.273. The number of thiophene rings is 1. The van der Waals surface area contributed by atoms with E-state index >= 15 is 0 Å². The molecule has 5 nitrogen and oxygen atoms in total. The highest BCUT2D eigenvalue weighted by molar-refractivity contribution is 7.80. The fourth-order valence-electron chi connectivity index (χ4n) is 4.39. The quantitative estimate of drug-likeness (QED) is 0.595. The van der Waals surface area contributed by atoms with E-state index in [0.717, 1.165) is 5.56 Å². The van der Waals surface area contributed by atoms with E-state index in [9.17, 15) is 4.79 Å². The van der Waals surface area contributed by atoms with Crippen molar-refractivity contribution in [3.05, 3.63) is 58.5 Å². The molecule has 0 saturated carbocycles. The van der Waals surface area contributed by atoms with E-state index in [1.165, 1.54) is 20.5 Å². The first-order valence-electron chi connectivity index (χ1n) is 9.36. The first-order chi connectivity index (χ1) is 14.0. The summed E-state index contributed by atoms with van der Waals surface area (Å²) in [6, 6.07) is 13.8. The van der Waals surface area contributed by atoms with Crippen molar-refractivity contribution in [2.24, 2.45) is 0 Å². The minimum Gasteiger partial charge on any atom is -0.497 e. The molecule has 1 aromatic heterocycles. The van der Waals surface area contributed by atoms with Crippen LogP contribution >= 0.6 is 23.6 Å². The van der Waals surface area contributed by atoms with E-state index in [0.29, 0.717) is 23.0 Å². The molecular weight excluding hydrogens is 404 g/mol. The zero-order valence-electron chi connectivity index (χ0n) is 16.3. The molecule has 148 valence electrons. The maximum absolute atomic E-state index is 13.0. The molecule has 2 aromatic carbocycles. The van der Waals surface area contributed by atoms with Crippen molar-refractivity contribution in [2.45, 2.75) is 18.5 Å². The molecule has 0 bridgehead atoms. The number of carbonyl (C=O) groups is 1. The minimum atomic E-state index is -0.291. The molecule has 2 aliphatic rings. The fourth-order valence-corrected chi connectivity index (χ4v) is 6.07. The van der Waals surface area contributed by atoms with Gasteiger partial charge in [0.15, 0.2) is 5.11 Å². The second-order valence-electron chi connectivity index (χ2n) is 7.30. The maximum atomic E-state index is 13.0. The minimum absolute atomic E-state index is 0.0517. The number of hydrogen-bond donors (Lipinski definition) is 0. The summed E-state index contributed by atoms with van der Waals surface area (Å²) in [6.45, 7) is 0. The summed E-state index contributed by atoms with van der Waals surface area (Å²) in [4.78, 5) is 17.9. The van der Waals surface area contributed by atoms with Gasteiger partial charge in [-0.05, 0) is 46.9 Å². The van der Waals surface area contributed by atoms with Gasteiger partial charge in [0.05, 0.1) is 20.3 Å². The van der Waals surface area contributed by atoms with Crippen molar-refractivity contribution in [3.8, 4) is 11.5 Å². The Bertz CT molecular complexity index is 1130. The molecule has 7 heteroatoms. The van der Waals surface area contributed by atoms with Gasteiger partial charge in [0.2, 0.25) is 0 Å². The molecule has 0 aliphatic carbocycles. The van der Waals surface area contributed by atoms with Crippen LogP contribution in [0.3, 0.4) is 0 Å². The standard InChI is InChI=1S/C22H20N2O3S2/c1-23-21(25)17-11-16-15-6-4-5-7-18(15)29-20(16)19(24(17)22(23)28)12-8-13(26-2)10-14(9-12)27-3/h4-10,17,19H,11H2,1-3H3. The van der Waals surface area contributed by atoms with Crippen LogP contribution in [0.15, 0.2) is 42.5 Å². The van der Waals surface area contributed by atoms with Crippen LogP contribution in [0.4, 0.5) is 0 Å². The maximum Gasteiger partial charge on any atom is 0.251 e. The van der Waals surface area contributed by atoms with Crippen LogP contribution in [0.1, 0.15) is 22.0 Å². The third-order valence-corrected chi connectivity index (χ3v) is 7.55. The number of methoxy groups -OCH3 is 2. The first-order valence-corrected chi connectivity index (χ1v) is 10.6. The Hall–Kier alpha value is -2.64. The van der Waals surface area contributed by atoms with E-state index in [-0.39, 0.29) is 18.0 Å². The number of amides is 1. The van der Waals surface area contributed by atoms with Crippen LogP contribution in [-0.4, -0.2) is 48.1 Å². The van der Waals surface area contributed by atoms with Gasteiger partial charge in [-0.15, -0.1) is 11.3 Å². The number of ether oxygens (including phenoxy) is 2. The Morgan fingerprint density at radius 1 is 1.10 bits per heavy atom. The zero-order valence-corrected chi connectivity index (χ0v) is 18.0. The van der Waals surface area contributed by atoms with E-state index < -0.39 is 0 Å². The van der Waals surface area contributed by atoms with Crippen LogP contribution in [0.25, 0.3) is 10.1 Å². The normalized spacial score (nSPS) is 20.8. The predicted molar refractivity (Wildman–Crippen MR) is 118 cm³/mol. The van der Waals surface area contributed by atoms with E-state index in [2.05, 4.69) is 29.2 Å². The molecule has 2 atom stereocenters. The van der Waals surface area contributed by atoms with Crippen LogP contribution < -0.4 is 9.47 Å². The average molecular weight is 425 g/mol. The molecule has 2 aliphatic heterocycles. The number of rotatable bonds is 3. The number of hydrogen-bond acceptors (Lipinski definition) is 5. The van der Waals surface area contributed by atoms with E-state index in [1.54, 1.807) is 37.5 Å². The highest BCUT2D eigenvalue weighted by Crippen LogP contribution is 2.48. The summed E-state index contributed by atoms with van der Waals surface area (Å²) in [6.07, 6.45) is 0.667. The molecule has 0 N–H and O–H groups in total. The summed E-state index contributed by atoms with van der Waals surface area (Å²) in [5.41, 5.74) is 2.24. The summed E-state index contributed by atoms with van der Waals surface area (Å²) in [7, 11) is 5.05. The Morgan fingerprint density at radius 2 is 1.79 bits per heavy atom. The largest absolute Gasteiger partial charge is 0.497 e. The van der Waals surface area contributed by atoms with Crippen molar-refractivity contribution in [3.63, 3.8) is 0 Å². The molecule has 0 radical (unpaired) electrons.